The molecule has 10 heteroatoms. The molecule has 3 aromatic rings. The van der Waals surface area contributed by atoms with Crippen LogP contribution in [0.15, 0.2) is 38.3 Å². The number of fused-ring (bicyclic) bond motifs is 1. The summed E-state index contributed by atoms with van der Waals surface area (Å²) in [6.07, 6.45) is 0.733. The van der Waals surface area contributed by atoms with Gasteiger partial charge in [-0.2, -0.15) is 0 Å². The van der Waals surface area contributed by atoms with Gasteiger partial charge in [0, 0.05) is 20.0 Å². The number of anilines is 1. The first-order valence-corrected chi connectivity index (χ1v) is 9.46. The molecule has 2 N–H and O–H groups in total. The third kappa shape index (κ3) is 4.17. The van der Waals surface area contributed by atoms with Gasteiger partial charge in [0.25, 0.3) is 5.56 Å². The number of ether oxygens (including phenoxy) is 1. The summed E-state index contributed by atoms with van der Waals surface area (Å²) in [5, 5.41) is 0. The zero-order valence-electron chi connectivity index (χ0n) is 16.7. The van der Waals surface area contributed by atoms with Crippen molar-refractivity contribution in [2.45, 2.75) is 32.7 Å². The van der Waals surface area contributed by atoms with E-state index in [1.807, 2.05) is 19.1 Å². The molecule has 0 aliphatic heterocycles. The number of hydrogen-bond acceptors (Lipinski definition) is 8. The molecule has 3 rings (SSSR count). The van der Waals surface area contributed by atoms with E-state index < -0.39 is 29.6 Å². The first-order valence-electron chi connectivity index (χ1n) is 9.46. The first kappa shape index (κ1) is 21.0. The Kier molecular flexibility index (Phi) is 6.14. The van der Waals surface area contributed by atoms with Crippen LogP contribution in [0.4, 0.5) is 5.82 Å². The second-order valence-corrected chi connectivity index (χ2v) is 6.72. The molecule has 0 fully saturated rings. The van der Waals surface area contributed by atoms with Crippen LogP contribution in [0.25, 0.3) is 11.1 Å². The number of nitrogen functional groups attached to an aromatic ring is 1. The van der Waals surface area contributed by atoms with Crippen molar-refractivity contribution in [2.75, 3.05) is 12.3 Å². The molecule has 2 heterocycles. The number of hydrogen-bond donors (Lipinski definition) is 1. The molecule has 0 unspecified atom stereocenters. The van der Waals surface area contributed by atoms with Crippen molar-refractivity contribution in [1.82, 2.24) is 14.1 Å². The number of carbonyl (C=O) groups excluding carboxylic acids is 2. The zero-order valence-corrected chi connectivity index (χ0v) is 16.7. The maximum atomic E-state index is 12.5. The average Bonchev–Trinajstić information content (AvgIpc) is 3.15. The largest absolute Gasteiger partial charge is 0.457 e. The molecule has 0 aliphatic rings. The van der Waals surface area contributed by atoms with Gasteiger partial charge in [-0.15, -0.1) is 0 Å². The topological polar surface area (TPSA) is 139 Å². The monoisotopic (exact) mass is 414 g/mol. The maximum Gasteiger partial charge on any atom is 0.332 e. The van der Waals surface area contributed by atoms with Crippen molar-refractivity contribution in [2.24, 2.45) is 7.05 Å². The van der Waals surface area contributed by atoms with Gasteiger partial charge in [-0.1, -0.05) is 19.1 Å². The van der Waals surface area contributed by atoms with Crippen LogP contribution in [0.3, 0.4) is 0 Å². The molecule has 0 bridgehead atoms. The van der Waals surface area contributed by atoms with Gasteiger partial charge in [0.05, 0.1) is 6.42 Å². The van der Waals surface area contributed by atoms with Crippen LogP contribution < -0.4 is 17.0 Å². The number of aryl methyl sites for hydroxylation is 1. The lowest BCUT2D eigenvalue weighted by molar-refractivity contribution is -0.142. The van der Waals surface area contributed by atoms with Crippen molar-refractivity contribution < 1.29 is 18.7 Å². The van der Waals surface area contributed by atoms with E-state index in [1.54, 1.807) is 12.1 Å². The number of benzene rings is 1. The van der Waals surface area contributed by atoms with E-state index in [2.05, 4.69) is 4.98 Å². The number of Topliss-reactive ketones (excluding diaryl/α,β-unsaturated/α-hetero) is 1. The van der Waals surface area contributed by atoms with Crippen molar-refractivity contribution in [1.29, 1.82) is 0 Å². The first-order chi connectivity index (χ1) is 14.3. The van der Waals surface area contributed by atoms with E-state index in [9.17, 15) is 19.2 Å². The molecule has 10 nitrogen and oxygen atoms in total. The predicted octanol–water partition coefficient (Wildman–Crippen LogP) is 1.04. The molecular formula is C20H22N4O6. The molecular weight excluding hydrogens is 392 g/mol. The summed E-state index contributed by atoms with van der Waals surface area (Å²) in [7, 11) is 1.26. The Morgan fingerprint density at radius 2 is 1.97 bits per heavy atom. The van der Waals surface area contributed by atoms with Gasteiger partial charge in [-0.25, -0.2) is 9.78 Å². The van der Waals surface area contributed by atoms with Gasteiger partial charge < -0.3 is 14.9 Å². The fourth-order valence-corrected chi connectivity index (χ4v) is 3.01. The Hall–Kier alpha value is -3.69. The normalized spacial score (nSPS) is 11.0. The number of ketones is 1. The van der Waals surface area contributed by atoms with Gasteiger partial charge in [0.1, 0.15) is 16.9 Å². The lowest BCUT2D eigenvalue weighted by Crippen LogP contribution is -2.43. The minimum absolute atomic E-state index is 0.0527. The second kappa shape index (κ2) is 8.76. The summed E-state index contributed by atoms with van der Waals surface area (Å²) in [4.78, 5) is 53.3. The van der Waals surface area contributed by atoms with E-state index in [1.165, 1.54) is 7.05 Å². The molecule has 0 radical (unpaired) electrons. The van der Waals surface area contributed by atoms with Gasteiger partial charge in [0.2, 0.25) is 5.78 Å². The summed E-state index contributed by atoms with van der Waals surface area (Å²) in [5.41, 5.74) is 5.40. The number of nitrogens with zero attached hydrogens (tertiary/aromatic N) is 3. The lowest BCUT2D eigenvalue weighted by Gasteiger charge is -2.13. The molecule has 30 heavy (non-hydrogen) atoms. The SMILES string of the molecule is CCCn1c(N)c(C(=O)COC(=O)CCc2nc3ccccc3o2)c(=O)n(C)c1=O. The van der Waals surface area contributed by atoms with Crippen molar-refractivity contribution in [3.63, 3.8) is 0 Å². The average molecular weight is 414 g/mol. The third-order valence-electron chi connectivity index (χ3n) is 4.55. The fourth-order valence-electron chi connectivity index (χ4n) is 3.01. The van der Waals surface area contributed by atoms with Crippen molar-refractivity contribution >= 4 is 28.7 Å². The molecule has 0 saturated heterocycles. The van der Waals surface area contributed by atoms with Crippen LogP contribution in [0, 0.1) is 0 Å². The Bertz CT molecular complexity index is 1190. The molecule has 0 saturated carbocycles. The molecule has 0 amide bonds. The summed E-state index contributed by atoms with van der Waals surface area (Å²) in [5.74, 6) is -1.27. The number of oxazole rings is 1. The number of rotatable bonds is 8. The van der Waals surface area contributed by atoms with Crippen molar-refractivity contribution in [3.05, 3.63) is 56.6 Å². The molecule has 158 valence electrons. The van der Waals surface area contributed by atoms with E-state index in [0.717, 1.165) is 9.13 Å². The number of carbonyl (C=O) groups is 2. The van der Waals surface area contributed by atoms with Gasteiger partial charge >= 0.3 is 11.7 Å². The van der Waals surface area contributed by atoms with Gasteiger partial charge in [-0.05, 0) is 18.6 Å². The molecule has 2 aromatic heterocycles. The number of aromatic nitrogens is 3. The Morgan fingerprint density at radius 3 is 2.67 bits per heavy atom. The highest BCUT2D eigenvalue weighted by Crippen LogP contribution is 2.16. The van der Waals surface area contributed by atoms with Crippen LogP contribution in [0.2, 0.25) is 0 Å². The number of para-hydroxylation sites is 2. The number of esters is 1. The smallest absolute Gasteiger partial charge is 0.332 e. The Labute approximate surface area is 170 Å². The van der Waals surface area contributed by atoms with Gasteiger partial charge in [0.15, 0.2) is 18.1 Å². The third-order valence-corrected chi connectivity index (χ3v) is 4.55. The van der Waals surface area contributed by atoms with Gasteiger partial charge in [-0.3, -0.25) is 23.5 Å². The van der Waals surface area contributed by atoms with Crippen LogP contribution >= 0.6 is 0 Å². The number of nitrogens with two attached hydrogens (primary N) is 1. The lowest BCUT2D eigenvalue weighted by atomic mass is 10.2. The molecule has 0 spiro atoms. The standard InChI is InChI=1S/C20H22N4O6/c1-3-10-24-18(21)17(19(27)23(2)20(24)28)13(25)11-29-16(26)9-8-15-22-12-6-4-5-7-14(12)30-15/h4-7H,3,8-11,21H2,1-2H3. The van der Waals surface area contributed by atoms with E-state index in [0.29, 0.717) is 23.4 Å². The Morgan fingerprint density at radius 1 is 1.23 bits per heavy atom. The van der Waals surface area contributed by atoms with E-state index >= 15 is 0 Å². The van der Waals surface area contributed by atoms with Crippen LogP contribution in [-0.4, -0.2) is 32.5 Å². The van der Waals surface area contributed by atoms with Crippen LogP contribution in [0.1, 0.15) is 36.0 Å². The van der Waals surface area contributed by atoms with Crippen LogP contribution in [0.5, 0.6) is 0 Å². The summed E-state index contributed by atoms with van der Waals surface area (Å²) >= 11 is 0. The molecule has 1 aromatic carbocycles. The summed E-state index contributed by atoms with van der Waals surface area (Å²) in [6, 6.07) is 7.21. The van der Waals surface area contributed by atoms with Crippen LogP contribution in [-0.2, 0) is 29.5 Å². The molecule has 0 aliphatic carbocycles. The fraction of sp³-hybridized carbons (Fsp3) is 0.350. The maximum absolute atomic E-state index is 12.5. The summed E-state index contributed by atoms with van der Waals surface area (Å²) in [6.45, 7) is 1.43. The second-order valence-electron chi connectivity index (χ2n) is 6.72. The Balaban J connectivity index is 1.65. The summed E-state index contributed by atoms with van der Waals surface area (Å²) < 4.78 is 12.5. The predicted molar refractivity (Wildman–Crippen MR) is 108 cm³/mol. The van der Waals surface area contributed by atoms with E-state index in [4.69, 9.17) is 14.9 Å². The minimum atomic E-state index is -0.822. The molecule has 0 atom stereocenters. The minimum Gasteiger partial charge on any atom is -0.457 e. The quantitative estimate of drug-likeness (QED) is 0.426. The zero-order chi connectivity index (χ0) is 21.8. The highest BCUT2D eigenvalue weighted by atomic mass is 16.5. The van der Waals surface area contributed by atoms with Crippen molar-refractivity contribution in [3.8, 4) is 0 Å². The highest BCUT2D eigenvalue weighted by molar-refractivity contribution is 6.01. The highest BCUT2D eigenvalue weighted by Gasteiger charge is 2.22. The van der Waals surface area contributed by atoms with E-state index in [-0.39, 0.29) is 30.8 Å².